The zero-order valence-electron chi connectivity index (χ0n) is 25.7. The van der Waals surface area contributed by atoms with Crippen molar-refractivity contribution >= 4 is 30.0 Å². The van der Waals surface area contributed by atoms with Gasteiger partial charge in [0.1, 0.15) is 31.0 Å². The molecule has 3 amide bonds. The van der Waals surface area contributed by atoms with E-state index < -0.39 is 55.0 Å². The molecular weight excluding hydrogens is 548 g/mol. The molecule has 0 aromatic heterocycles. The van der Waals surface area contributed by atoms with E-state index in [9.17, 15) is 24.3 Å². The maximum absolute atomic E-state index is 13.1. The molecule has 0 bridgehead atoms. The largest absolute Gasteiger partial charge is 0.508 e. The predicted octanol–water partition coefficient (Wildman–Crippen LogP) is 1.65. The molecule has 1 saturated heterocycles. The van der Waals surface area contributed by atoms with Gasteiger partial charge >= 0.3 is 12.2 Å². The average molecular weight is 599 g/mol. The van der Waals surface area contributed by atoms with Crippen LogP contribution in [0.5, 0.6) is 0 Å². The van der Waals surface area contributed by atoms with Gasteiger partial charge in [0, 0.05) is 6.54 Å². The molecule has 14 nitrogen and oxygen atoms in total. The number of rotatable bonds is 11. The Morgan fingerprint density at radius 2 is 1.69 bits per heavy atom. The summed E-state index contributed by atoms with van der Waals surface area (Å²) in [5.41, 5.74) is 5.51. The molecule has 14 heteroatoms. The van der Waals surface area contributed by atoms with Crippen LogP contribution in [-0.4, -0.2) is 90.2 Å². The van der Waals surface area contributed by atoms with E-state index in [-0.39, 0.29) is 30.5 Å². The summed E-state index contributed by atoms with van der Waals surface area (Å²) in [7, 11) is 0. The fourth-order valence-electron chi connectivity index (χ4n) is 5.25. The van der Waals surface area contributed by atoms with Gasteiger partial charge in [0.15, 0.2) is 5.96 Å². The van der Waals surface area contributed by atoms with E-state index in [0.717, 1.165) is 12.8 Å². The van der Waals surface area contributed by atoms with Crippen LogP contribution in [0.15, 0.2) is 0 Å². The minimum Gasteiger partial charge on any atom is -0.449 e. The van der Waals surface area contributed by atoms with Crippen LogP contribution >= 0.6 is 0 Å². The van der Waals surface area contributed by atoms with E-state index in [2.05, 4.69) is 36.7 Å². The van der Waals surface area contributed by atoms with Gasteiger partial charge in [-0.3, -0.25) is 15.0 Å². The zero-order chi connectivity index (χ0) is 31.6. The standard InChI is InChI=1S/C28H50N6O8/c1-15(2)13-40-27(38)33-21(14-41-28(39)42-22-12-17(5)9-10-19(22)16(3)4)24(36)31-18(6)23(35)32-20-8-7-11-34(25(20)37)26(29)30/h15-22,25,37H,7-14H2,1-6H3,(H3,29,30)(H,31,36)(H,32,35)(H,33,38)/t17?,18-,19?,20-,21+,22?,25?/m0/s1. The fraction of sp³-hybridized carbons (Fsp3) is 0.821. The van der Waals surface area contributed by atoms with Gasteiger partial charge in [-0.2, -0.15) is 0 Å². The maximum atomic E-state index is 13.1. The Kier molecular flexibility index (Phi) is 13.6. The number of alkyl carbamates (subject to hydrolysis) is 1. The molecule has 4 unspecified atom stereocenters. The fourth-order valence-corrected chi connectivity index (χ4v) is 5.25. The third-order valence-corrected chi connectivity index (χ3v) is 7.72. The van der Waals surface area contributed by atoms with E-state index in [1.54, 1.807) is 0 Å². The number of likely N-dealkylation sites (tertiary alicyclic amines) is 1. The second kappa shape index (κ2) is 16.4. The van der Waals surface area contributed by atoms with E-state index in [1.807, 2.05) is 13.8 Å². The molecule has 1 heterocycles. The highest BCUT2D eigenvalue weighted by molar-refractivity contribution is 5.91. The van der Waals surface area contributed by atoms with Crippen molar-refractivity contribution in [3.63, 3.8) is 0 Å². The number of piperidine rings is 1. The van der Waals surface area contributed by atoms with Gasteiger partial charge in [0.2, 0.25) is 11.8 Å². The molecule has 0 aromatic rings. The van der Waals surface area contributed by atoms with Crippen molar-refractivity contribution < 1.29 is 38.5 Å². The first-order valence-corrected chi connectivity index (χ1v) is 14.9. The molecule has 0 radical (unpaired) electrons. The van der Waals surface area contributed by atoms with Crippen LogP contribution in [0.2, 0.25) is 0 Å². The molecule has 1 aliphatic heterocycles. The summed E-state index contributed by atoms with van der Waals surface area (Å²) < 4.78 is 16.0. The number of aliphatic hydroxyl groups is 1. The molecule has 2 rings (SSSR count). The summed E-state index contributed by atoms with van der Waals surface area (Å²) in [6, 6.07) is -3.15. The van der Waals surface area contributed by atoms with Gasteiger partial charge < -0.3 is 45.9 Å². The second-order valence-electron chi connectivity index (χ2n) is 12.2. The third kappa shape index (κ3) is 10.8. The van der Waals surface area contributed by atoms with Crippen LogP contribution < -0.4 is 21.7 Å². The molecule has 1 saturated carbocycles. The first kappa shape index (κ1) is 34.9. The van der Waals surface area contributed by atoms with Crippen molar-refractivity contribution in [3.05, 3.63) is 0 Å². The average Bonchev–Trinajstić information content (AvgIpc) is 2.90. The summed E-state index contributed by atoms with van der Waals surface area (Å²) in [6.07, 6.45) is 0.447. The van der Waals surface area contributed by atoms with Gasteiger partial charge in [0.25, 0.3) is 0 Å². The second-order valence-corrected chi connectivity index (χ2v) is 12.2. The van der Waals surface area contributed by atoms with Crippen molar-refractivity contribution in [2.75, 3.05) is 19.8 Å². The van der Waals surface area contributed by atoms with E-state index in [0.29, 0.717) is 37.6 Å². The van der Waals surface area contributed by atoms with Gasteiger partial charge in [-0.05, 0) is 56.3 Å². The number of hydrogen-bond acceptors (Lipinski definition) is 9. The summed E-state index contributed by atoms with van der Waals surface area (Å²) >= 11 is 0. The highest BCUT2D eigenvalue weighted by Crippen LogP contribution is 2.35. The van der Waals surface area contributed by atoms with Crippen LogP contribution in [0.25, 0.3) is 0 Å². The van der Waals surface area contributed by atoms with Crippen molar-refractivity contribution in [1.82, 2.24) is 20.9 Å². The molecule has 240 valence electrons. The molecule has 0 aromatic carbocycles. The van der Waals surface area contributed by atoms with Gasteiger partial charge in [0.05, 0.1) is 12.6 Å². The Morgan fingerprint density at radius 3 is 2.31 bits per heavy atom. The zero-order valence-corrected chi connectivity index (χ0v) is 25.7. The topological polar surface area (TPSA) is 205 Å². The number of ether oxygens (including phenoxy) is 3. The number of nitrogens with one attached hydrogen (secondary N) is 4. The lowest BCUT2D eigenvalue weighted by Crippen LogP contribution is -2.61. The maximum Gasteiger partial charge on any atom is 0.508 e. The first-order valence-electron chi connectivity index (χ1n) is 14.9. The Bertz CT molecular complexity index is 947. The van der Waals surface area contributed by atoms with Crippen molar-refractivity contribution in [3.8, 4) is 0 Å². The molecule has 0 spiro atoms. The van der Waals surface area contributed by atoms with Crippen molar-refractivity contribution in [1.29, 1.82) is 5.41 Å². The Morgan fingerprint density at radius 1 is 1.00 bits per heavy atom. The Balaban J connectivity index is 2.01. The van der Waals surface area contributed by atoms with Crippen LogP contribution in [0.3, 0.4) is 0 Å². The highest BCUT2D eigenvalue weighted by Gasteiger charge is 2.36. The highest BCUT2D eigenvalue weighted by atomic mass is 16.7. The molecular formula is C28H50N6O8. The normalized spacial score (nSPS) is 25.6. The number of guanidine groups is 1. The van der Waals surface area contributed by atoms with Crippen molar-refractivity contribution in [2.45, 2.75) is 104 Å². The predicted molar refractivity (Wildman–Crippen MR) is 154 cm³/mol. The molecule has 1 aliphatic carbocycles. The van der Waals surface area contributed by atoms with Crippen LogP contribution in [0.1, 0.15) is 73.6 Å². The lowest BCUT2D eigenvalue weighted by Gasteiger charge is -2.38. The summed E-state index contributed by atoms with van der Waals surface area (Å²) in [6.45, 7) is 11.4. The van der Waals surface area contributed by atoms with Crippen LogP contribution in [0, 0.1) is 29.1 Å². The smallest absolute Gasteiger partial charge is 0.449 e. The summed E-state index contributed by atoms with van der Waals surface area (Å²) in [4.78, 5) is 52.2. The number of hydrogen-bond donors (Lipinski definition) is 6. The molecule has 7 atom stereocenters. The monoisotopic (exact) mass is 598 g/mol. The number of aliphatic hydroxyl groups excluding tert-OH is 1. The quantitative estimate of drug-likeness (QED) is 0.115. The Labute approximate surface area is 248 Å². The number of carbonyl (C=O) groups excluding carboxylic acids is 4. The van der Waals surface area contributed by atoms with Gasteiger partial charge in [-0.15, -0.1) is 0 Å². The van der Waals surface area contributed by atoms with Gasteiger partial charge in [-0.1, -0.05) is 41.0 Å². The van der Waals surface area contributed by atoms with Crippen LogP contribution in [-0.2, 0) is 23.8 Å². The Hall–Kier alpha value is -3.29. The molecule has 2 aliphatic rings. The third-order valence-electron chi connectivity index (χ3n) is 7.72. The van der Waals surface area contributed by atoms with Crippen LogP contribution in [0.4, 0.5) is 9.59 Å². The van der Waals surface area contributed by atoms with Gasteiger partial charge in [-0.25, -0.2) is 9.59 Å². The summed E-state index contributed by atoms with van der Waals surface area (Å²) in [5, 5.41) is 25.6. The lowest BCUT2D eigenvalue weighted by atomic mass is 9.75. The minimum atomic E-state index is -1.37. The summed E-state index contributed by atoms with van der Waals surface area (Å²) in [5.74, 6) is -0.711. The van der Waals surface area contributed by atoms with E-state index >= 15 is 0 Å². The molecule has 42 heavy (non-hydrogen) atoms. The first-order chi connectivity index (χ1) is 19.7. The number of amides is 3. The SMILES string of the molecule is CC(C)COC(=O)N[C@H](COC(=O)OC1CC(C)CCC1C(C)C)C(=O)N[C@@H](C)C(=O)N[C@H]1CCCN(C(=N)N)C1O. The molecule has 2 fully saturated rings. The molecule has 7 N–H and O–H groups in total. The van der Waals surface area contributed by atoms with E-state index in [1.165, 1.54) is 11.8 Å². The number of carbonyl (C=O) groups is 4. The van der Waals surface area contributed by atoms with Crippen molar-refractivity contribution in [2.24, 2.45) is 29.4 Å². The minimum absolute atomic E-state index is 0.0545. The number of nitrogens with two attached hydrogens (primary N) is 1. The van der Waals surface area contributed by atoms with E-state index in [4.69, 9.17) is 25.4 Å². The number of nitrogens with zero attached hydrogens (tertiary/aromatic N) is 1. The lowest BCUT2D eigenvalue weighted by molar-refractivity contribution is -0.132.